The summed E-state index contributed by atoms with van der Waals surface area (Å²) in [7, 11) is 0. The number of piperidine rings is 2. The molecule has 1 aromatic heterocycles. The van der Waals surface area contributed by atoms with Crippen LogP contribution in [0.25, 0.3) is 0 Å². The van der Waals surface area contributed by atoms with Crippen LogP contribution in [0.1, 0.15) is 31.2 Å². The van der Waals surface area contributed by atoms with Gasteiger partial charge in [0.1, 0.15) is 11.7 Å². The van der Waals surface area contributed by atoms with E-state index in [1.165, 1.54) is 12.8 Å². The van der Waals surface area contributed by atoms with Crippen molar-refractivity contribution in [3.05, 3.63) is 11.8 Å². The fraction of sp³-hybridized carbons (Fsp3) is 0.762. The van der Waals surface area contributed by atoms with Gasteiger partial charge in [-0.05, 0) is 51.2 Å². The highest BCUT2D eigenvalue weighted by atomic mass is 19.4. The van der Waals surface area contributed by atoms with Gasteiger partial charge in [0.25, 0.3) is 0 Å². The molecule has 3 aliphatic rings. The van der Waals surface area contributed by atoms with Gasteiger partial charge in [0.15, 0.2) is 0 Å². The molecule has 9 nitrogen and oxygen atoms in total. The lowest BCUT2D eigenvalue weighted by molar-refractivity contribution is -0.192. The number of rotatable bonds is 6. The number of aliphatic carboxylic acids is 1. The summed E-state index contributed by atoms with van der Waals surface area (Å²) < 4.78 is 81.9. The second kappa shape index (κ2) is 12.2. The summed E-state index contributed by atoms with van der Waals surface area (Å²) in [6.07, 6.45) is -4.85. The third kappa shape index (κ3) is 8.62. The van der Waals surface area contributed by atoms with Crippen molar-refractivity contribution in [2.45, 2.75) is 50.2 Å². The van der Waals surface area contributed by atoms with Gasteiger partial charge < -0.3 is 30.1 Å². The average Bonchev–Trinajstić information content (AvgIpc) is 2.76. The number of anilines is 1. The molecule has 204 valence electrons. The Morgan fingerprint density at radius 3 is 2.42 bits per heavy atom. The molecule has 3 saturated heterocycles. The Hall–Kier alpha value is -2.39. The highest BCUT2D eigenvalue weighted by molar-refractivity contribution is 5.73. The fourth-order valence-electron chi connectivity index (χ4n) is 4.11. The van der Waals surface area contributed by atoms with E-state index < -0.39 is 35.9 Å². The molecule has 0 bridgehead atoms. The van der Waals surface area contributed by atoms with E-state index in [1.807, 2.05) is 0 Å². The summed E-state index contributed by atoms with van der Waals surface area (Å²) in [5.41, 5.74) is -0.953. The van der Waals surface area contributed by atoms with E-state index in [0.717, 1.165) is 51.8 Å². The minimum atomic E-state index is -5.08. The third-order valence-electron chi connectivity index (χ3n) is 6.00. The van der Waals surface area contributed by atoms with Gasteiger partial charge in [-0.3, -0.25) is 0 Å². The van der Waals surface area contributed by atoms with Crippen molar-refractivity contribution in [1.82, 2.24) is 20.2 Å². The van der Waals surface area contributed by atoms with E-state index in [2.05, 4.69) is 25.5 Å². The van der Waals surface area contributed by atoms with Crippen molar-refractivity contribution in [3.63, 3.8) is 0 Å². The summed E-state index contributed by atoms with van der Waals surface area (Å²) in [5, 5.41) is 13.7. The molecular formula is C21H29F6N5O4. The van der Waals surface area contributed by atoms with Crippen LogP contribution >= 0.6 is 0 Å². The Balaban J connectivity index is 0.000000454. The zero-order chi connectivity index (χ0) is 26.3. The second-order valence-corrected chi connectivity index (χ2v) is 8.93. The van der Waals surface area contributed by atoms with E-state index in [0.29, 0.717) is 5.92 Å². The number of aromatic nitrogens is 2. The second-order valence-electron chi connectivity index (χ2n) is 8.93. The number of ether oxygens (including phenoxy) is 2. The first-order chi connectivity index (χ1) is 16.9. The molecule has 4 heterocycles. The van der Waals surface area contributed by atoms with E-state index in [9.17, 15) is 26.3 Å². The predicted molar refractivity (Wildman–Crippen MR) is 115 cm³/mol. The molecule has 3 N–H and O–H groups in total. The van der Waals surface area contributed by atoms with Crippen molar-refractivity contribution in [2.75, 3.05) is 51.3 Å². The first-order valence-electron chi connectivity index (χ1n) is 11.6. The molecule has 0 spiro atoms. The van der Waals surface area contributed by atoms with Gasteiger partial charge in [-0.25, -0.2) is 9.78 Å². The van der Waals surface area contributed by atoms with Gasteiger partial charge >= 0.3 is 18.3 Å². The van der Waals surface area contributed by atoms with E-state index in [4.69, 9.17) is 19.4 Å². The number of carbonyl (C=O) groups is 1. The molecule has 3 aliphatic heterocycles. The molecule has 0 unspecified atom stereocenters. The van der Waals surface area contributed by atoms with Gasteiger partial charge in [0.05, 0.1) is 13.2 Å². The standard InChI is InChI=1S/C19H28F3N5O2.C2HF3O2/c20-19(21,22)16-8-24-18(26-17(16)29-15-11-28-12-15)25-14-2-1-7-27(10-14)9-13-3-5-23-6-4-13;3-2(4,5)1(6)7/h8,13-15,23H,1-7,9-12H2,(H,24,25,26);(H,6,7)/t14-;/m1./s1. The van der Waals surface area contributed by atoms with Crippen LogP contribution in [0.2, 0.25) is 0 Å². The molecule has 0 aliphatic carbocycles. The van der Waals surface area contributed by atoms with Crippen LogP contribution < -0.4 is 15.4 Å². The number of hydrogen-bond donors (Lipinski definition) is 3. The molecule has 4 rings (SSSR count). The topological polar surface area (TPSA) is 109 Å². The van der Waals surface area contributed by atoms with Gasteiger partial charge in [-0.1, -0.05) is 0 Å². The molecule has 36 heavy (non-hydrogen) atoms. The van der Waals surface area contributed by atoms with Gasteiger partial charge in [0.2, 0.25) is 11.8 Å². The van der Waals surface area contributed by atoms with Crippen molar-refractivity contribution in [1.29, 1.82) is 0 Å². The maximum atomic E-state index is 13.3. The Morgan fingerprint density at radius 1 is 1.19 bits per heavy atom. The first kappa shape index (κ1) is 28.2. The first-order valence-corrected chi connectivity index (χ1v) is 11.6. The zero-order valence-corrected chi connectivity index (χ0v) is 19.4. The molecule has 1 atom stereocenters. The predicted octanol–water partition coefficient (Wildman–Crippen LogP) is 2.78. The minimum absolute atomic E-state index is 0.113. The van der Waals surface area contributed by atoms with Crippen LogP contribution in [0.5, 0.6) is 5.88 Å². The highest BCUT2D eigenvalue weighted by Crippen LogP contribution is 2.36. The summed E-state index contributed by atoms with van der Waals surface area (Å²) in [4.78, 5) is 19.3. The van der Waals surface area contributed by atoms with Crippen LogP contribution in [0, 0.1) is 5.92 Å². The molecule has 1 aromatic rings. The quantitative estimate of drug-likeness (QED) is 0.480. The summed E-state index contributed by atoms with van der Waals surface area (Å²) >= 11 is 0. The summed E-state index contributed by atoms with van der Waals surface area (Å²) in [6, 6.07) is 0.113. The molecule has 0 amide bonds. The zero-order valence-electron chi connectivity index (χ0n) is 19.4. The van der Waals surface area contributed by atoms with E-state index >= 15 is 0 Å². The fourth-order valence-corrected chi connectivity index (χ4v) is 4.11. The number of nitrogens with zero attached hydrogens (tertiary/aromatic N) is 3. The molecule has 0 radical (unpaired) electrons. The number of hydrogen-bond acceptors (Lipinski definition) is 8. The molecule has 15 heteroatoms. The molecule has 0 saturated carbocycles. The lowest BCUT2D eigenvalue weighted by Gasteiger charge is -2.36. The van der Waals surface area contributed by atoms with Gasteiger partial charge in [-0.2, -0.15) is 31.3 Å². The van der Waals surface area contributed by atoms with Crippen LogP contribution in [-0.2, 0) is 15.7 Å². The maximum Gasteiger partial charge on any atom is 0.490 e. The Labute approximate surface area is 203 Å². The SMILES string of the molecule is FC(F)(F)c1cnc(N[C@@H]2CCCN(CC3CCNCC3)C2)nc1OC1COC1.O=C(O)C(F)(F)F. The van der Waals surface area contributed by atoms with Gasteiger partial charge in [-0.15, -0.1) is 0 Å². The average molecular weight is 529 g/mol. The largest absolute Gasteiger partial charge is 0.490 e. The highest BCUT2D eigenvalue weighted by Gasteiger charge is 2.39. The molecular weight excluding hydrogens is 500 g/mol. The van der Waals surface area contributed by atoms with E-state index in [-0.39, 0.29) is 25.2 Å². The Bertz CT molecular complexity index is 862. The number of likely N-dealkylation sites (tertiary alicyclic amines) is 1. The third-order valence-corrected chi connectivity index (χ3v) is 6.00. The molecule has 3 fully saturated rings. The minimum Gasteiger partial charge on any atom is -0.475 e. The number of halogens is 6. The lowest BCUT2D eigenvalue weighted by atomic mass is 9.96. The van der Waals surface area contributed by atoms with E-state index in [1.54, 1.807) is 0 Å². The Kier molecular flexibility index (Phi) is 9.58. The summed E-state index contributed by atoms with van der Waals surface area (Å²) in [5.74, 6) is -2.29. The van der Waals surface area contributed by atoms with Gasteiger partial charge in [0, 0.05) is 25.3 Å². The monoisotopic (exact) mass is 529 g/mol. The summed E-state index contributed by atoms with van der Waals surface area (Å²) in [6.45, 7) is 5.69. The normalized spacial score (nSPS) is 22.2. The number of alkyl halides is 6. The van der Waals surface area contributed by atoms with Crippen molar-refractivity contribution in [3.8, 4) is 5.88 Å². The smallest absolute Gasteiger partial charge is 0.475 e. The van der Waals surface area contributed by atoms with Crippen molar-refractivity contribution in [2.24, 2.45) is 5.92 Å². The van der Waals surface area contributed by atoms with Crippen LogP contribution in [-0.4, -0.2) is 90.2 Å². The number of nitrogens with one attached hydrogen (secondary N) is 2. The van der Waals surface area contributed by atoms with Crippen LogP contribution in [0.3, 0.4) is 0 Å². The Morgan fingerprint density at radius 2 is 1.86 bits per heavy atom. The maximum absolute atomic E-state index is 13.3. The number of carboxylic acids is 1. The molecule has 0 aromatic carbocycles. The van der Waals surface area contributed by atoms with Crippen molar-refractivity contribution < 1.29 is 45.7 Å². The van der Waals surface area contributed by atoms with Crippen molar-refractivity contribution >= 4 is 11.9 Å². The van der Waals surface area contributed by atoms with Crippen LogP contribution in [0.4, 0.5) is 32.3 Å². The number of carboxylic acid groups (broad SMARTS) is 1. The van der Waals surface area contributed by atoms with Crippen LogP contribution in [0.15, 0.2) is 6.20 Å². The lowest BCUT2D eigenvalue weighted by Crippen LogP contribution is -2.45.